The number of nitrogens with zero attached hydrogens (tertiary/aromatic N) is 2. The lowest BCUT2D eigenvalue weighted by molar-refractivity contribution is -0.384. The van der Waals surface area contributed by atoms with Gasteiger partial charge in [0.05, 0.1) is 4.92 Å². The first kappa shape index (κ1) is 15.2. The summed E-state index contributed by atoms with van der Waals surface area (Å²) in [5.74, 6) is 5.64. The Morgan fingerprint density at radius 3 is 2.71 bits per heavy atom. The molecule has 0 saturated heterocycles. The maximum absolute atomic E-state index is 12.5. The van der Waals surface area contributed by atoms with E-state index in [2.05, 4.69) is 5.43 Å². The third-order valence-electron chi connectivity index (χ3n) is 3.97. The molecule has 1 aromatic rings. The van der Waals surface area contributed by atoms with Crippen molar-refractivity contribution in [3.63, 3.8) is 0 Å². The van der Waals surface area contributed by atoms with Crippen LogP contribution in [0, 0.1) is 16.0 Å². The highest BCUT2D eigenvalue weighted by molar-refractivity contribution is 5.95. The van der Waals surface area contributed by atoms with Gasteiger partial charge in [-0.2, -0.15) is 0 Å². The Morgan fingerprint density at radius 1 is 1.52 bits per heavy atom. The number of nitro groups is 1. The number of carbonyl (C=O) groups excluding carboxylic acids is 1. The Kier molecular flexibility index (Phi) is 4.74. The van der Waals surface area contributed by atoms with Crippen molar-refractivity contribution in [3.05, 3.63) is 33.9 Å². The van der Waals surface area contributed by atoms with E-state index in [0.29, 0.717) is 18.0 Å². The number of benzene rings is 1. The molecule has 7 nitrogen and oxygen atoms in total. The molecule has 21 heavy (non-hydrogen) atoms. The van der Waals surface area contributed by atoms with Gasteiger partial charge in [0.1, 0.15) is 5.69 Å². The van der Waals surface area contributed by atoms with Crippen molar-refractivity contribution in [2.45, 2.75) is 26.2 Å². The number of hydrogen-bond donors (Lipinski definition) is 2. The van der Waals surface area contributed by atoms with Gasteiger partial charge in [0, 0.05) is 24.7 Å². The van der Waals surface area contributed by atoms with Crippen molar-refractivity contribution in [1.82, 2.24) is 4.90 Å². The van der Waals surface area contributed by atoms with Gasteiger partial charge in [-0.15, -0.1) is 0 Å². The molecule has 7 heteroatoms. The van der Waals surface area contributed by atoms with Crippen molar-refractivity contribution in [1.29, 1.82) is 0 Å². The Labute approximate surface area is 123 Å². The molecule has 1 aliphatic rings. The van der Waals surface area contributed by atoms with Crippen LogP contribution in [-0.4, -0.2) is 28.8 Å². The summed E-state index contributed by atoms with van der Waals surface area (Å²) in [7, 11) is 0. The molecule has 0 heterocycles. The van der Waals surface area contributed by atoms with Gasteiger partial charge < -0.3 is 10.3 Å². The second-order valence-electron chi connectivity index (χ2n) is 5.27. The number of amides is 1. The predicted molar refractivity (Wildman–Crippen MR) is 79.8 cm³/mol. The summed E-state index contributed by atoms with van der Waals surface area (Å²) in [4.78, 5) is 24.7. The smallest absolute Gasteiger partial charge is 0.294 e. The molecule has 0 aliphatic heterocycles. The maximum atomic E-state index is 12.5. The minimum Gasteiger partial charge on any atom is -0.339 e. The number of nitrogens with two attached hydrogens (primary N) is 1. The number of nitro benzene ring substituents is 1. The van der Waals surface area contributed by atoms with E-state index in [1.165, 1.54) is 18.6 Å². The average Bonchev–Trinajstić information content (AvgIpc) is 2.45. The second kappa shape index (κ2) is 6.53. The lowest BCUT2D eigenvalue weighted by Crippen LogP contribution is -2.37. The third kappa shape index (κ3) is 3.30. The molecule has 114 valence electrons. The van der Waals surface area contributed by atoms with E-state index in [0.717, 1.165) is 19.4 Å². The number of anilines is 1. The van der Waals surface area contributed by atoms with E-state index in [4.69, 9.17) is 5.84 Å². The summed E-state index contributed by atoms with van der Waals surface area (Å²) in [5.41, 5.74) is 2.59. The molecule has 1 aliphatic carbocycles. The number of hydrogen-bond acceptors (Lipinski definition) is 5. The number of nitrogens with one attached hydrogen (secondary N) is 1. The maximum Gasteiger partial charge on any atom is 0.294 e. The molecular formula is C14H20N4O3. The number of carbonyl (C=O) groups is 1. The average molecular weight is 292 g/mol. The largest absolute Gasteiger partial charge is 0.339 e. The fourth-order valence-corrected chi connectivity index (χ4v) is 2.46. The van der Waals surface area contributed by atoms with Crippen molar-refractivity contribution in [3.8, 4) is 0 Å². The zero-order valence-electron chi connectivity index (χ0n) is 12.0. The standard InChI is InChI=1S/C14H20N4O3/c1-2-17(9-10-4-3-5-10)14(19)11-6-7-12(16-15)13(8-11)18(20)21/h6-8,10,16H,2-5,9,15H2,1H3. The zero-order chi connectivity index (χ0) is 15.4. The summed E-state index contributed by atoms with van der Waals surface area (Å²) >= 11 is 0. The van der Waals surface area contributed by atoms with E-state index >= 15 is 0 Å². The van der Waals surface area contributed by atoms with E-state index in [-0.39, 0.29) is 17.3 Å². The molecule has 1 saturated carbocycles. The van der Waals surface area contributed by atoms with Crippen LogP contribution < -0.4 is 11.3 Å². The van der Waals surface area contributed by atoms with Crippen LogP contribution in [0.2, 0.25) is 0 Å². The fraction of sp³-hybridized carbons (Fsp3) is 0.500. The van der Waals surface area contributed by atoms with E-state index < -0.39 is 4.92 Å². The van der Waals surface area contributed by atoms with Crippen LogP contribution in [0.25, 0.3) is 0 Å². The van der Waals surface area contributed by atoms with Crippen LogP contribution in [0.5, 0.6) is 0 Å². The van der Waals surface area contributed by atoms with Gasteiger partial charge >= 0.3 is 0 Å². The van der Waals surface area contributed by atoms with E-state index in [1.54, 1.807) is 11.0 Å². The van der Waals surface area contributed by atoms with E-state index in [9.17, 15) is 14.9 Å². The summed E-state index contributed by atoms with van der Waals surface area (Å²) in [5, 5.41) is 11.0. The van der Waals surface area contributed by atoms with Gasteiger partial charge in [0.2, 0.25) is 0 Å². The summed E-state index contributed by atoms with van der Waals surface area (Å²) in [6.45, 7) is 3.24. The zero-order valence-corrected chi connectivity index (χ0v) is 12.0. The molecule has 1 fully saturated rings. The first-order valence-electron chi connectivity index (χ1n) is 7.11. The van der Waals surface area contributed by atoms with Crippen molar-refractivity contribution < 1.29 is 9.72 Å². The topological polar surface area (TPSA) is 102 Å². The van der Waals surface area contributed by atoms with Gasteiger partial charge in [0.15, 0.2) is 0 Å². The van der Waals surface area contributed by atoms with Crippen LogP contribution in [0.1, 0.15) is 36.5 Å². The van der Waals surface area contributed by atoms with Crippen LogP contribution in [0.15, 0.2) is 18.2 Å². The number of hydrazine groups is 1. The van der Waals surface area contributed by atoms with Crippen LogP contribution >= 0.6 is 0 Å². The summed E-state index contributed by atoms with van der Waals surface area (Å²) in [6.07, 6.45) is 3.53. The van der Waals surface area contributed by atoms with E-state index in [1.807, 2.05) is 6.92 Å². The van der Waals surface area contributed by atoms with Gasteiger partial charge in [-0.05, 0) is 37.8 Å². The number of nitrogen functional groups attached to an aromatic ring is 1. The minimum absolute atomic E-state index is 0.170. The second-order valence-corrected chi connectivity index (χ2v) is 5.27. The Morgan fingerprint density at radius 2 is 2.24 bits per heavy atom. The van der Waals surface area contributed by atoms with Crippen molar-refractivity contribution in [2.75, 3.05) is 18.5 Å². The summed E-state index contributed by atoms with van der Waals surface area (Å²) in [6, 6.07) is 4.30. The molecule has 0 aromatic heterocycles. The molecule has 0 bridgehead atoms. The lowest BCUT2D eigenvalue weighted by atomic mass is 9.85. The third-order valence-corrected chi connectivity index (χ3v) is 3.97. The molecule has 3 N–H and O–H groups in total. The SMILES string of the molecule is CCN(CC1CCC1)C(=O)c1ccc(NN)c([N+](=O)[O-])c1. The van der Waals surface area contributed by atoms with Crippen molar-refractivity contribution >= 4 is 17.3 Å². The van der Waals surface area contributed by atoms with Gasteiger partial charge in [-0.1, -0.05) is 6.42 Å². The Bertz CT molecular complexity index is 543. The van der Waals surface area contributed by atoms with Crippen LogP contribution in [-0.2, 0) is 0 Å². The molecule has 1 amide bonds. The monoisotopic (exact) mass is 292 g/mol. The van der Waals surface area contributed by atoms with Gasteiger partial charge in [0.25, 0.3) is 11.6 Å². The molecule has 2 rings (SSSR count). The Balaban J connectivity index is 2.20. The molecule has 0 radical (unpaired) electrons. The predicted octanol–water partition coefficient (Wildman–Crippen LogP) is 2.14. The molecule has 0 unspecified atom stereocenters. The van der Waals surface area contributed by atoms with Crippen molar-refractivity contribution in [2.24, 2.45) is 11.8 Å². The molecule has 0 spiro atoms. The van der Waals surface area contributed by atoms with Crippen LogP contribution in [0.3, 0.4) is 0 Å². The van der Waals surface area contributed by atoms with Gasteiger partial charge in [-0.3, -0.25) is 20.8 Å². The first-order valence-corrected chi connectivity index (χ1v) is 7.11. The van der Waals surface area contributed by atoms with Gasteiger partial charge in [-0.25, -0.2) is 0 Å². The quantitative estimate of drug-likeness (QED) is 0.475. The lowest BCUT2D eigenvalue weighted by Gasteiger charge is -2.31. The summed E-state index contributed by atoms with van der Waals surface area (Å²) < 4.78 is 0. The fourth-order valence-electron chi connectivity index (χ4n) is 2.46. The highest BCUT2D eigenvalue weighted by Gasteiger charge is 2.25. The first-order chi connectivity index (χ1) is 10.1. The highest BCUT2D eigenvalue weighted by atomic mass is 16.6. The normalized spacial score (nSPS) is 14.4. The number of rotatable bonds is 6. The van der Waals surface area contributed by atoms with Crippen LogP contribution in [0.4, 0.5) is 11.4 Å². The Hall–Kier alpha value is -2.15. The minimum atomic E-state index is -0.547. The molecular weight excluding hydrogens is 272 g/mol. The highest BCUT2D eigenvalue weighted by Crippen LogP contribution is 2.29. The molecule has 0 atom stereocenters. The molecule has 1 aromatic carbocycles.